The number of anilines is 1. The van der Waals surface area contributed by atoms with Crippen molar-refractivity contribution in [3.8, 4) is 16.3 Å². The quantitative estimate of drug-likeness (QED) is 0.708. The van der Waals surface area contributed by atoms with Gasteiger partial charge in [-0.1, -0.05) is 34.5 Å². The van der Waals surface area contributed by atoms with Gasteiger partial charge in [0.1, 0.15) is 10.8 Å². The van der Waals surface area contributed by atoms with Crippen molar-refractivity contribution in [2.75, 3.05) is 12.4 Å². The van der Waals surface area contributed by atoms with Crippen molar-refractivity contribution < 1.29 is 9.53 Å². The van der Waals surface area contributed by atoms with Crippen molar-refractivity contribution in [3.05, 3.63) is 58.1 Å². The molecule has 0 fully saturated rings. The second kappa shape index (κ2) is 7.17. The van der Waals surface area contributed by atoms with Gasteiger partial charge in [-0.05, 0) is 42.5 Å². The first-order chi connectivity index (χ1) is 11.6. The van der Waals surface area contributed by atoms with Gasteiger partial charge in [0.05, 0.1) is 17.2 Å². The van der Waals surface area contributed by atoms with E-state index in [9.17, 15) is 4.79 Å². The molecule has 8 heteroatoms. The van der Waals surface area contributed by atoms with Crippen LogP contribution in [0.4, 0.5) is 5.13 Å². The maximum absolute atomic E-state index is 12.2. The Morgan fingerprint density at radius 1 is 1.08 bits per heavy atom. The summed E-state index contributed by atoms with van der Waals surface area (Å²) in [7, 11) is 1.61. The number of ether oxygens (including phenoxy) is 1. The summed E-state index contributed by atoms with van der Waals surface area (Å²) in [4.78, 5) is 12.2. The normalized spacial score (nSPS) is 10.5. The summed E-state index contributed by atoms with van der Waals surface area (Å²) < 4.78 is 5.12. The number of amides is 1. The van der Waals surface area contributed by atoms with E-state index in [1.165, 1.54) is 17.4 Å². The Morgan fingerprint density at radius 3 is 2.50 bits per heavy atom. The van der Waals surface area contributed by atoms with Crippen molar-refractivity contribution in [3.63, 3.8) is 0 Å². The van der Waals surface area contributed by atoms with Crippen LogP contribution in [0.2, 0.25) is 10.0 Å². The molecule has 0 unspecified atom stereocenters. The highest BCUT2D eigenvalue weighted by atomic mass is 35.5. The lowest BCUT2D eigenvalue weighted by atomic mass is 10.2. The van der Waals surface area contributed by atoms with Crippen LogP contribution in [0.1, 0.15) is 10.4 Å². The number of hydrogen-bond acceptors (Lipinski definition) is 5. The number of methoxy groups -OCH3 is 1. The van der Waals surface area contributed by atoms with Gasteiger partial charge in [0.2, 0.25) is 5.13 Å². The van der Waals surface area contributed by atoms with Crippen LogP contribution in [0.3, 0.4) is 0 Å². The topological polar surface area (TPSA) is 64.1 Å². The van der Waals surface area contributed by atoms with Crippen LogP contribution in [-0.4, -0.2) is 23.2 Å². The second-order valence-electron chi connectivity index (χ2n) is 4.72. The molecule has 0 saturated carbocycles. The molecule has 0 bridgehead atoms. The fourth-order valence-corrected chi connectivity index (χ4v) is 2.97. The van der Waals surface area contributed by atoms with Gasteiger partial charge in [-0.3, -0.25) is 10.1 Å². The number of carbonyl (C=O) groups excluding carboxylic acids is 1. The minimum Gasteiger partial charge on any atom is -0.497 e. The van der Waals surface area contributed by atoms with E-state index in [-0.39, 0.29) is 5.91 Å². The highest BCUT2D eigenvalue weighted by Crippen LogP contribution is 2.28. The third kappa shape index (κ3) is 3.67. The Bertz CT molecular complexity index is 881. The molecule has 122 valence electrons. The minimum absolute atomic E-state index is 0.320. The molecule has 5 nitrogen and oxygen atoms in total. The molecule has 24 heavy (non-hydrogen) atoms. The predicted octanol–water partition coefficient (Wildman–Crippen LogP) is 4.77. The summed E-state index contributed by atoms with van der Waals surface area (Å²) >= 11 is 13.0. The molecule has 0 aliphatic rings. The number of rotatable bonds is 4. The molecular formula is C16H11Cl2N3O2S. The Labute approximate surface area is 152 Å². The SMILES string of the molecule is COc1ccc(-c2nnc(NC(=O)c3ccc(Cl)c(Cl)c3)s2)cc1. The average Bonchev–Trinajstić information content (AvgIpc) is 3.06. The van der Waals surface area contributed by atoms with E-state index >= 15 is 0 Å². The monoisotopic (exact) mass is 379 g/mol. The maximum Gasteiger partial charge on any atom is 0.257 e. The van der Waals surface area contributed by atoms with Crippen molar-refractivity contribution in [2.45, 2.75) is 0 Å². The molecule has 0 spiro atoms. The fraction of sp³-hybridized carbons (Fsp3) is 0.0625. The van der Waals surface area contributed by atoms with E-state index in [2.05, 4.69) is 15.5 Å². The number of carbonyl (C=O) groups is 1. The van der Waals surface area contributed by atoms with Crippen LogP contribution < -0.4 is 10.1 Å². The highest BCUT2D eigenvalue weighted by molar-refractivity contribution is 7.18. The Balaban J connectivity index is 1.75. The molecule has 0 atom stereocenters. The van der Waals surface area contributed by atoms with Gasteiger partial charge >= 0.3 is 0 Å². The highest BCUT2D eigenvalue weighted by Gasteiger charge is 2.12. The Morgan fingerprint density at radius 2 is 1.83 bits per heavy atom. The van der Waals surface area contributed by atoms with Crippen molar-refractivity contribution in [1.82, 2.24) is 10.2 Å². The summed E-state index contributed by atoms with van der Waals surface area (Å²) in [5.41, 5.74) is 1.29. The van der Waals surface area contributed by atoms with Crippen molar-refractivity contribution >= 4 is 45.6 Å². The van der Waals surface area contributed by atoms with Gasteiger partial charge < -0.3 is 4.74 Å². The minimum atomic E-state index is -0.328. The number of hydrogen-bond donors (Lipinski definition) is 1. The van der Waals surface area contributed by atoms with Gasteiger partial charge in [-0.15, -0.1) is 10.2 Å². The molecule has 3 aromatic rings. The molecule has 1 aromatic heterocycles. The molecule has 0 aliphatic carbocycles. The maximum atomic E-state index is 12.2. The molecule has 0 aliphatic heterocycles. The molecule has 1 amide bonds. The van der Waals surface area contributed by atoms with E-state index in [1.807, 2.05) is 24.3 Å². The number of nitrogens with one attached hydrogen (secondary N) is 1. The van der Waals surface area contributed by atoms with Gasteiger partial charge in [0.25, 0.3) is 5.91 Å². The van der Waals surface area contributed by atoms with E-state index in [1.54, 1.807) is 19.2 Å². The smallest absolute Gasteiger partial charge is 0.257 e. The number of nitrogens with zero attached hydrogens (tertiary/aromatic N) is 2. The first-order valence-corrected chi connectivity index (χ1v) is 8.38. The third-order valence-corrected chi connectivity index (χ3v) is 4.79. The zero-order valence-electron chi connectivity index (χ0n) is 12.4. The predicted molar refractivity (Wildman–Crippen MR) is 96.3 cm³/mol. The van der Waals surface area contributed by atoms with Gasteiger partial charge in [0, 0.05) is 11.1 Å². The largest absolute Gasteiger partial charge is 0.497 e. The molecule has 1 N–H and O–H groups in total. The average molecular weight is 380 g/mol. The Kier molecular flexibility index (Phi) is 4.99. The molecule has 0 saturated heterocycles. The molecule has 1 heterocycles. The van der Waals surface area contributed by atoms with Crippen LogP contribution in [0, 0.1) is 0 Å². The second-order valence-corrected chi connectivity index (χ2v) is 6.52. The number of halogens is 2. The summed E-state index contributed by atoms with van der Waals surface area (Å²) in [5, 5.41) is 12.6. The van der Waals surface area contributed by atoms with E-state index in [0.717, 1.165) is 11.3 Å². The fourth-order valence-electron chi connectivity index (χ4n) is 1.93. The zero-order valence-corrected chi connectivity index (χ0v) is 14.7. The van der Waals surface area contributed by atoms with Crippen LogP contribution in [0.5, 0.6) is 5.75 Å². The number of aromatic nitrogens is 2. The summed E-state index contributed by atoms with van der Waals surface area (Å²) in [6, 6.07) is 12.1. The molecule has 3 rings (SSSR count). The van der Waals surface area contributed by atoms with Crippen molar-refractivity contribution in [2.24, 2.45) is 0 Å². The standard InChI is InChI=1S/C16H11Cl2N3O2S/c1-23-11-5-2-9(3-6-11)15-20-21-16(24-15)19-14(22)10-4-7-12(17)13(18)8-10/h2-8H,1H3,(H,19,21,22). The Hall–Kier alpha value is -2.15. The first-order valence-electron chi connectivity index (χ1n) is 6.81. The van der Waals surface area contributed by atoms with Gasteiger partial charge in [0.15, 0.2) is 0 Å². The van der Waals surface area contributed by atoms with E-state index in [4.69, 9.17) is 27.9 Å². The lowest BCUT2D eigenvalue weighted by molar-refractivity contribution is 0.102. The van der Waals surface area contributed by atoms with E-state index in [0.29, 0.717) is 25.7 Å². The summed E-state index contributed by atoms with van der Waals surface area (Å²) in [6.07, 6.45) is 0. The van der Waals surface area contributed by atoms with Crippen LogP contribution in [0.25, 0.3) is 10.6 Å². The van der Waals surface area contributed by atoms with E-state index < -0.39 is 0 Å². The third-order valence-electron chi connectivity index (χ3n) is 3.16. The molecule has 0 radical (unpaired) electrons. The van der Waals surface area contributed by atoms with Crippen LogP contribution in [0.15, 0.2) is 42.5 Å². The van der Waals surface area contributed by atoms with Crippen LogP contribution >= 0.6 is 34.5 Å². The van der Waals surface area contributed by atoms with Gasteiger partial charge in [-0.25, -0.2) is 0 Å². The lowest BCUT2D eigenvalue weighted by Gasteiger charge is -2.02. The summed E-state index contributed by atoms with van der Waals surface area (Å²) in [6.45, 7) is 0. The van der Waals surface area contributed by atoms with Crippen molar-refractivity contribution in [1.29, 1.82) is 0 Å². The molecular weight excluding hydrogens is 369 g/mol. The first kappa shape index (κ1) is 16.7. The van der Waals surface area contributed by atoms with Gasteiger partial charge in [-0.2, -0.15) is 0 Å². The zero-order chi connectivity index (χ0) is 17.1. The molecule has 2 aromatic carbocycles. The summed E-state index contributed by atoms with van der Waals surface area (Å²) in [5.74, 6) is 0.433. The number of benzene rings is 2. The van der Waals surface area contributed by atoms with Crippen LogP contribution in [-0.2, 0) is 0 Å². The lowest BCUT2D eigenvalue weighted by Crippen LogP contribution is -2.11.